The van der Waals surface area contributed by atoms with Gasteiger partial charge in [-0.1, -0.05) is 6.92 Å². The second-order valence-electron chi connectivity index (χ2n) is 1.36. The van der Waals surface area contributed by atoms with Gasteiger partial charge in [-0.25, -0.2) is 8.42 Å². The van der Waals surface area contributed by atoms with Crippen molar-refractivity contribution in [3.63, 3.8) is 0 Å². The average Bonchev–Trinajstić information content (AvgIpc) is 1.62. The molecule has 0 heterocycles. The van der Waals surface area contributed by atoms with Crippen LogP contribution in [0, 0.1) is 0 Å². The van der Waals surface area contributed by atoms with Crippen LogP contribution in [0.4, 0.5) is 0 Å². The number of hydrogen-bond donors (Lipinski definition) is 1. The molecule has 0 aromatic carbocycles. The highest BCUT2D eigenvalue weighted by Crippen LogP contribution is 2.06. The summed E-state index contributed by atoms with van der Waals surface area (Å²) >= 11 is 3.51. The zero-order valence-electron chi connectivity index (χ0n) is 4.36. The van der Waals surface area contributed by atoms with Gasteiger partial charge in [0.1, 0.15) is 10.1 Å². The van der Waals surface area contributed by atoms with Crippen LogP contribution in [0.3, 0.4) is 0 Å². The lowest BCUT2D eigenvalue weighted by molar-refractivity contribution is 0.459. The van der Waals surface area contributed by atoms with E-state index in [2.05, 4.69) is 12.6 Å². The molecule has 0 saturated heterocycles. The molecule has 0 N–H and O–H groups in total. The van der Waals surface area contributed by atoms with E-state index < -0.39 is 14.7 Å². The van der Waals surface area contributed by atoms with Gasteiger partial charge in [-0.3, -0.25) is 0 Å². The van der Waals surface area contributed by atoms with E-state index in [-0.39, 0.29) is 6.42 Å². The normalized spacial score (nSPS) is 15.9. The van der Waals surface area contributed by atoms with Crippen LogP contribution in [-0.2, 0) is 10.1 Å². The molecule has 0 saturated carbocycles. The minimum Gasteiger partial charge on any atom is -0.747 e. The van der Waals surface area contributed by atoms with Crippen molar-refractivity contribution in [3.05, 3.63) is 0 Å². The Balaban J connectivity index is 4.04. The first-order valence-electron chi connectivity index (χ1n) is 2.11. The van der Waals surface area contributed by atoms with Crippen LogP contribution in [-0.4, -0.2) is 17.6 Å². The predicted molar refractivity (Wildman–Crippen MR) is 32.8 cm³/mol. The third-order valence-electron chi connectivity index (χ3n) is 0.682. The van der Waals surface area contributed by atoms with Crippen molar-refractivity contribution >= 4 is 22.7 Å². The summed E-state index contributed by atoms with van der Waals surface area (Å²) in [7, 11) is -4.14. The average molecular weight is 155 g/mol. The molecule has 50 valence electrons. The van der Waals surface area contributed by atoms with E-state index in [4.69, 9.17) is 0 Å². The Morgan fingerprint density at radius 2 is 2.12 bits per heavy atom. The molecule has 3 nitrogen and oxygen atoms in total. The fraction of sp³-hybridized carbons (Fsp3) is 1.00. The first kappa shape index (κ1) is 8.26. The Morgan fingerprint density at radius 1 is 1.75 bits per heavy atom. The maximum atomic E-state index is 9.93. The van der Waals surface area contributed by atoms with Crippen molar-refractivity contribution < 1.29 is 13.0 Å². The van der Waals surface area contributed by atoms with E-state index >= 15 is 0 Å². The first-order chi connectivity index (χ1) is 3.48. The Bertz CT molecular complexity index is 148. The van der Waals surface area contributed by atoms with Gasteiger partial charge in [-0.15, -0.1) is 0 Å². The molecule has 5 heteroatoms. The molecule has 0 aliphatic heterocycles. The van der Waals surface area contributed by atoms with Crippen LogP contribution in [0.15, 0.2) is 0 Å². The summed E-state index contributed by atoms with van der Waals surface area (Å²) < 4.78 is 28.8. The Labute approximate surface area is 54.3 Å². The highest BCUT2D eigenvalue weighted by molar-refractivity contribution is 8.01. The van der Waals surface area contributed by atoms with E-state index in [0.717, 1.165) is 0 Å². The Morgan fingerprint density at radius 3 is 2.12 bits per heavy atom. The van der Waals surface area contributed by atoms with Gasteiger partial charge in [0.2, 0.25) is 0 Å². The van der Waals surface area contributed by atoms with E-state index in [0.29, 0.717) is 0 Å². The monoisotopic (exact) mass is 155 g/mol. The zero-order valence-corrected chi connectivity index (χ0v) is 6.08. The first-order valence-corrected chi connectivity index (χ1v) is 4.10. The summed E-state index contributed by atoms with van der Waals surface area (Å²) in [5, 5.41) is 0. The molecule has 0 radical (unpaired) electrons. The van der Waals surface area contributed by atoms with Crippen LogP contribution < -0.4 is 0 Å². The molecule has 0 fully saturated rings. The fourth-order valence-electron chi connectivity index (χ4n) is 0.204. The quantitative estimate of drug-likeness (QED) is 0.457. The topological polar surface area (TPSA) is 57.2 Å². The van der Waals surface area contributed by atoms with E-state index in [1.54, 1.807) is 6.92 Å². The largest absolute Gasteiger partial charge is 0.747 e. The van der Waals surface area contributed by atoms with Gasteiger partial charge in [0.25, 0.3) is 0 Å². The third-order valence-corrected chi connectivity index (χ3v) is 2.82. The third kappa shape index (κ3) is 2.54. The molecule has 0 rings (SSSR count). The molecular formula is C3H7O3S2-. The highest BCUT2D eigenvalue weighted by Gasteiger charge is 2.05. The molecule has 0 aromatic rings. The van der Waals surface area contributed by atoms with Crippen LogP contribution in [0.25, 0.3) is 0 Å². The van der Waals surface area contributed by atoms with Gasteiger partial charge in [0.15, 0.2) is 0 Å². The van der Waals surface area contributed by atoms with Gasteiger partial charge in [0, 0.05) is 0 Å². The number of hydrogen-bond acceptors (Lipinski definition) is 4. The van der Waals surface area contributed by atoms with Crippen LogP contribution in [0.5, 0.6) is 0 Å². The van der Waals surface area contributed by atoms with Gasteiger partial charge in [-0.2, -0.15) is 12.6 Å². The summed E-state index contributed by atoms with van der Waals surface area (Å²) in [6.07, 6.45) is 0.259. The molecule has 0 aliphatic rings. The second kappa shape index (κ2) is 2.70. The van der Waals surface area contributed by atoms with E-state index in [1.807, 2.05) is 0 Å². The summed E-state index contributed by atoms with van der Waals surface area (Å²) in [6, 6.07) is 0. The second-order valence-corrected chi connectivity index (χ2v) is 3.88. The van der Waals surface area contributed by atoms with Crippen LogP contribution in [0.2, 0.25) is 0 Å². The zero-order chi connectivity index (χ0) is 6.78. The molecule has 1 atom stereocenters. The molecule has 1 unspecified atom stereocenters. The fourth-order valence-corrected chi connectivity index (χ4v) is 0.612. The minimum atomic E-state index is -4.14. The van der Waals surface area contributed by atoms with Gasteiger partial charge in [0.05, 0.1) is 4.58 Å². The lowest BCUT2D eigenvalue weighted by Gasteiger charge is -2.11. The summed E-state index contributed by atoms with van der Waals surface area (Å²) in [6.45, 7) is 1.59. The van der Waals surface area contributed by atoms with Crippen molar-refractivity contribution in [2.24, 2.45) is 0 Å². The van der Waals surface area contributed by atoms with Crippen LogP contribution >= 0.6 is 12.6 Å². The maximum absolute atomic E-state index is 9.93. The highest BCUT2D eigenvalue weighted by atomic mass is 32.3. The molecule has 8 heavy (non-hydrogen) atoms. The van der Waals surface area contributed by atoms with Crippen molar-refractivity contribution in [2.45, 2.75) is 17.9 Å². The number of rotatable bonds is 2. The molecule has 0 spiro atoms. The van der Waals surface area contributed by atoms with Crippen molar-refractivity contribution in [2.75, 3.05) is 0 Å². The smallest absolute Gasteiger partial charge is 0.107 e. The molecular weight excluding hydrogens is 148 g/mol. The van der Waals surface area contributed by atoms with E-state index in [1.165, 1.54) is 0 Å². The van der Waals surface area contributed by atoms with Gasteiger partial charge < -0.3 is 4.55 Å². The van der Waals surface area contributed by atoms with Crippen LogP contribution in [0.1, 0.15) is 13.3 Å². The summed E-state index contributed by atoms with van der Waals surface area (Å²) in [4.78, 5) is 0. The minimum absolute atomic E-state index is 0.259. The van der Waals surface area contributed by atoms with Crippen molar-refractivity contribution in [1.82, 2.24) is 0 Å². The molecule has 0 aromatic heterocycles. The molecule has 0 bridgehead atoms. The van der Waals surface area contributed by atoms with Gasteiger partial charge >= 0.3 is 0 Å². The SMILES string of the molecule is CCC(S)S(=O)(=O)[O-]. The van der Waals surface area contributed by atoms with Crippen molar-refractivity contribution in [1.29, 1.82) is 0 Å². The maximum Gasteiger partial charge on any atom is 0.107 e. The van der Waals surface area contributed by atoms with E-state index in [9.17, 15) is 13.0 Å². The lowest BCUT2D eigenvalue weighted by Crippen LogP contribution is -2.12. The lowest BCUT2D eigenvalue weighted by atomic mass is 10.6. The summed E-state index contributed by atoms with van der Waals surface area (Å²) in [5.74, 6) is 0. The predicted octanol–water partition coefficient (Wildman–Crippen LogP) is 0.198. The molecule has 0 amide bonds. The van der Waals surface area contributed by atoms with Crippen molar-refractivity contribution in [3.8, 4) is 0 Å². The molecule has 0 aliphatic carbocycles. The number of thiol groups is 1. The standard InChI is InChI=1S/C3H8O3S2/c1-2-3(7)8(4,5)6/h3,7H,2H2,1H3,(H,4,5,6)/p-1. The Kier molecular flexibility index (Phi) is 2.79. The van der Waals surface area contributed by atoms with Gasteiger partial charge in [-0.05, 0) is 6.42 Å². The Hall–Kier alpha value is 0.260. The summed E-state index contributed by atoms with van der Waals surface area (Å²) in [5.41, 5.74) is 0.